The Morgan fingerprint density at radius 1 is 1.18 bits per heavy atom. The van der Waals surface area contributed by atoms with Crippen molar-refractivity contribution in [2.75, 3.05) is 33.4 Å². The van der Waals surface area contributed by atoms with Crippen LogP contribution < -0.4 is 4.74 Å². The van der Waals surface area contributed by atoms with Crippen LogP contribution in [0.4, 0.5) is 0 Å². The van der Waals surface area contributed by atoms with E-state index in [4.69, 9.17) is 9.47 Å². The van der Waals surface area contributed by atoms with Gasteiger partial charge in [-0.3, -0.25) is 9.78 Å². The lowest BCUT2D eigenvalue weighted by atomic mass is 10.0. The summed E-state index contributed by atoms with van der Waals surface area (Å²) in [6, 6.07) is 9.48. The molecule has 1 saturated heterocycles. The van der Waals surface area contributed by atoms with E-state index in [-0.39, 0.29) is 5.91 Å². The summed E-state index contributed by atoms with van der Waals surface area (Å²) in [6.45, 7) is 2.52. The fraction of sp³-hybridized carbons (Fsp3) is 0.294. The lowest BCUT2D eigenvalue weighted by Crippen LogP contribution is -2.40. The molecule has 1 fully saturated rings. The molecule has 5 nitrogen and oxygen atoms in total. The highest BCUT2D eigenvalue weighted by molar-refractivity contribution is 5.94. The minimum atomic E-state index is 0.0524. The van der Waals surface area contributed by atoms with E-state index < -0.39 is 0 Å². The van der Waals surface area contributed by atoms with Crippen molar-refractivity contribution < 1.29 is 14.3 Å². The van der Waals surface area contributed by atoms with Gasteiger partial charge in [0.25, 0.3) is 5.91 Å². The van der Waals surface area contributed by atoms with Gasteiger partial charge in [-0.05, 0) is 23.8 Å². The van der Waals surface area contributed by atoms with E-state index in [0.29, 0.717) is 31.9 Å². The van der Waals surface area contributed by atoms with Crippen molar-refractivity contribution in [2.45, 2.75) is 0 Å². The number of rotatable bonds is 3. The second-order valence-electron chi connectivity index (χ2n) is 5.06. The second-order valence-corrected chi connectivity index (χ2v) is 5.06. The average Bonchev–Trinajstić information content (AvgIpc) is 2.62. The van der Waals surface area contributed by atoms with Crippen molar-refractivity contribution in [3.05, 3.63) is 48.3 Å². The highest BCUT2D eigenvalue weighted by Crippen LogP contribution is 2.28. The minimum absolute atomic E-state index is 0.0524. The Morgan fingerprint density at radius 3 is 2.59 bits per heavy atom. The first kappa shape index (κ1) is 14.5. The van der Waals surface area contributed by atoms with Gasteiger partial charge in [-0.15, -0.1) is 0 Å². The SMILES string of the molecule is COc1cnccc1-c1ccc(C(=O)N2CCOCC2)cc1. The standard InChI is InChI=1S/C17H18N2O3/c1-21-16-12-18-7-6-15(16)13-2-4-14(5-3-13)17(20)19-8-10-22-11-9-19/h2-7,12H,8-11H2,1H3. The van der Waals surface area contributed by atoms with Crippen LogP contribution in [-0.4, -0.2) is 49.2 Å². The summed E-state index contributed by atoms with van der Waals surface area (Å²) in [5.74, 6) is 0.770. The number of ether oxygens (including phenoxy) is 2. The highest BCUT2D eigenvalue weighted by Gasteiger charge is 2.18. The molecule has 1 aliphatic rings. The van der Waals surface area contributed by atoms with Crippen LogP contribution >= 0.6 is 0 Å². The number of benzene rings is 1. The molecule has 0 radical (unpaired) electrons. The monoisotopic (exact) mass is 298 g/mol. The Morgan fingerprint density at radius 2 is 1.91 bits per heavy atom. The number of carbonyl (C=O) groups is 1. The Bertz CT molecular complexity index is 649. The first-order valence-electron chi connectivity index (χ1n) is 7.25. The molecule has 1 aromatic carbocycles. The lowest BCUT2D eigenvalue weighted by Gasteiger charge is -2.26. The Labute approximate surface area is 129 Å². The summed E-state index contributed by atoms with van der Waals surface area (Å²) in [4.78, 5) is 18.3. The molecule has 0 aliphatic carbocycles. The lowest BCUT2D eigenvalue weighted by molar-refractivity contribution is 0.0303. The van der Waals surface area contributed by atoms with E-state index in [1.807, 2.05) is 35.2 Å². The molecule has 0 spiro atoms. The van der Waals surface area contributed by atoms with Crippen LogP contribution in [0, 0.1) is 0 Å². The molecule has 3 rings (SSSR count). The van der Waals surface area contributed by atoms with Crippen LogP contribution in [0.5, 0.6) is 5.75 Å². The van der Waals surface area contributed by atoms with Crippen LogP contribution in [0.1, 0.15) is 10.4 Å². The van der Waals surface area contributed by atoms with Gasteiger partial charge in [0.15, 0.2) is 0 Å². The molecule has 0 atom stereocenters. The molecule has 1 aromatic heterocycles. The number of pyridine rings is 1. The zero-order valence-electron chi connectivity index (χ0n) is 12.5. The third-order valence-corrected chi connectivity index (χ3v) is 3.75. The fourth-order valence-corrected chi connectivity index (χ4v) is 2.52. The number of hydrogen-bond donors (Lipinski definition) is 0. The van der Waals surface area contributed by atoms with E-state index in [1.54, 1.807) is 19.5 Å². The maximum Gasteiger partial charge on any atom is 0.254 e. The number of methoxy groups -OCH3 is 1. The summed E-state index contributed by atoms with van der Waals surface area (Å²) in [5.41, 5.74) is 2.65. The maximum absolute atomic E-state index is 12.4. The van der Waals surface area contributed by atoms with Gasteiger partial charge in [0.2, 0.25) is 0 Å². The molecule has 2 aromatic rings. The number of aromatic nitrogens is 1. The van der Waals surface area contributed by atoms with Crippen LogP contribution in [-0.2, 0) is 4.74 Å². The van der Waals surface area contributed by atoms with Crippen LogP contribution in [0.25, 0.3) is 11.1 Å². The van der Waals surface area contributed by atoms with Crippen molar-refractivity contribution in [3.8, 4) is 16.9 Å². The third kappa shape index (κ3) is 2.94. The molecule has 0 N–H and O–H groups in total. The molecule has 114 valence electrons. The Kier molecular flexibility index (Phi) is 4.34. The van der Waals surface area contributed by atoms with E-state index in [2.05, 4.69) is 4.98 Å². The van der Waals surface area contributed by atoms with Crippen LogP contribution in [0.15, 0.2) is 42.7 Å². The highest BCUT2D eigenvalue weighted by atomic mass is 16.5. The number of morpholine rings is 1. The fourth-order valence-electron chi connectivity index (χ4n) is 2.52. The summed E-state index contributed by atoms with van der Waals surface area (Å²) < 4.78 is 10.6. The zero-order chi connectivity index (χ0) is 15.4. The molecule has 1 amide bonds. The molecule has 22 heavy (non-hydrogen) atoms. The predicted octanol–water partition coefficient (Wildman–Crippen LogP) is 2.23. The molecular formula is C17H18N2O3. The van der Waals surface area contributed by atoms with Gasteiger partial charge in [0.05, 0.1) is 26.5 Å². The third-order valence-electron chi connectivity index (χ3n) is 3.75. The molecule has 5 heteroatoms. The molecule has 0 bridgehead atoms. The smallest absolute Gasteiger partial charge is 0.254 e. The molecule has 0 unspecified atom stereocenters. The quantitative estimate of drug-likeness (QED) is 0.872. The normalized spacial score (nSPS) is 14.7. The number of amides is 1. The molecule has 1 aliphatic heterocycles. The van der Waals surface area contributed by atoms with E-state index >= 15 is 0 Å². The van der Waals surface area contributed by atoms with Gasteiger partial charge >= 0.3 is 0 Å². The Hall–Kier alpha value is -2.40. The summed E-state index contributed by atoms with van der Waals surface area (Å²) in [5, 5.41) is 0. The van der Waals surface area contributed by atoms with Crippen molar-refractivity contribution in [3.63, 3.8) is 0 Å². The van der Waals surface area contributed by atoms with E-state index in [1.165, 1.54) is 0 Å². The summed E-state index contributed by atoms with van der Waals surface area (Å²) in [6.07, 6.45) is 3.41. The molecular weight excluding hydrogens is 280 g/mol. The van der Waals surface area contributed by atoms with Crippen molar-refractivity contribution in [2.24, 2.45) is 0 Å². The van der Waals surface area contributed by atoms with Gasteiger partial charge in [-0.1, -0.05) is 12.1 Å². The van der Waals surface area contributed by atoms with E-state index in [9.17, 15) is 4.79 Å². The van der Waals surface area contributed by atoms with Gasteiger partial charge in [-0.25, -0.2) is 0 Å². The van der Waals surface area contributed by atoms with Crippen LogP contribution in [0.3, 0.4) is 0 Å². The maximum atomic E-state index is 12.4. The number of nitrogens with zero attached hydrogens (tertiary/aromatic N) is 2. The van der Waals surface area contributed by atoms with Gasteiger partial charge < -0.3 is 14.4 Å². The number of carbonyl (C=O) groups excluding carboxylic acids is 1. The Balaban J connectivity index is 1.82. The largest absolute Gasteiger partial charge is 0.494 e. The van der Waals surface area contributed by atoms with Crippen molar-refractivity contribution in [1.82, 2.24) is 9.88 Å². The van der Waals surface area contributed by atoms with Gasteiger partial charge in [-0.2, -0.15) is 0 Å². The summed E-state index contributed by atoms with van der Waals surface area (Å²) in [7, 11) is 1.62. The number of hydrogen-bond acceptors (Lipinski definition) is 4. The second kappa shape index (κ2) is 6.58. The van der Waals surface area contributed by atoms with Gasteiger partial charge in [0.1, 0.15) is 5.75 Å². The van der Waals surface area contributed by atoms with Gasteiger partial charge in [0, 0.05) is 30.4 Å². The molecule has 2 heterocycles. The van der Waals surface area contributed by atoms with Crippen molar-refractivity contribution in [1.29, 1.82) is 0 Å². The average molecular weight is 298 g/mol. The zero-order valence-corrected chi connectivity index (χ0v) is 12.5. The summed E-state index contributed by atoms with van der Waals surface area (Å²) >= 11 is 0. The molecule has 0 saturated carbocycles. The first-order chi connectivity index (χ1) is 10.8. The first-order valence-corrected chi connectivity index (χ1v) is 7.25. The predicted molar refractivity (Wildman–Crippen MR) is 82.9 cm³/mol. The van der Waals surface area contributed by atoms with Crippen LogP contribution in [0.2, 0.25) is 0 Å². The van der Waals surface area contributed by atoms with E-state index in [0.717, 1.165) is 16.9 Å². The minimum Gasteiger partial charge on any atom is -0.494 e. The topological polar surface area (TPSA) is 51.7 Å². The van der Waals surface area contributed by atoms with Crippen molar-refractivity contribution >= 4 is 5.91 Å².